The number of benzene rings is 1. The van der Waals surface area contributed by atoms with E-state index in [1.807, 2.05) is 6.07 Å². The molecule has 3 aromatic rings. The van der Waals surface area contributed by atoms with E-state index in [9.17, 15) is 4.39 Å². The molecule has 2 heterocycles. The van der Waals surface area contributed by atoms with Gasteiger partial charge in [0.05, 0.1) is 5.56 Å². The van der Waals surface area contributed by atoms with E-state index in [-0.39, 0.29) is 5.89 Å². The summed E-state index contributed by atoms with van der Waals surface area (Å²) in [6, 6.07) is 7.76. The topological polar surface area (TPSA) is 78.5 Å². The molecule has 1 aromatic carbocycles. The number of aromatic nitrogens is 3. The average Bonchev–Trinajstić information content (AvgIpc) is 3.10. The van der Waals surface area contributed by atoms with Gasteiger partial charge < -0.3 is 9.51 Å². The van der Waals surface area contributed by atoms with E-state index < -0.39 is 5.82 Å². The van der Waals surface area contributed by atoms with Gasteiger partial charge >= 0.3 is 0 Å². The van der Waals surface area contributed by atoms with Gasteiger partial charge in [-0.05, 0) is 23.8 Å². The Morgan fingerprint density at radius 1 is 1.38 bits per heavy atom. The second kappa shape index (κ2) is 5.38. The van der Waals surface area contributed by atoms with E-state index in [2.05, 4.69) is 15.1 Å². The molecule has 0 atom stereocenters. The normalized spacial score (nSPS) is 10.5. The lowest BCUT2D eigenvalue weighted by molar-refractivity contribution is 0.423. The maximum atomic E-state index is 13.0. The number of hydrogen-bond donors (Lipinski definition) is 1. The Hall–Kier alpha value is -2.65. The fraction of sp³-hybridized carbons (Fsp3) is 0.0714. The van der Waals surface area contributed by atoms with Crippen molar-refractivity contribution in [3.63, 3.8) is 0 Å². The first-order chi connectivity index (χ1) is 10.2. The summed E-state index contributed by atoms with van der Waals surface area (Å²) in [6.45, 7) is 0. The Morgan fingerprint density at radius 3 is 2.95 bits per heavy atom. The second-order valence-corrected chi connectivity index (χ2v) is 4.75. The molecular weight excluding hydrogens is 295 g/mol. The van der Waals surface area contributed by atoms with Crippen molar-refractivity contribution in [3.05, 3.63) is 58.3 Å². The zero-order valence-electron chi connectivity index (χ0n) is 10.6. The van der Waals surface area contributed by atoms with E-state index in [1.165, 1.54) is 12.1 Å². The summed E-state index contributed by atoms with van der Waals surface area (Å²) in [5.74, 6) is 0.310. The third-order valence-electron chi connectivity index (χ3n) is 2.87. The number of H-pyrrole nitrogens is 1. The number of aromatic amines is 1. The highest BCUT2D eigenvalue weighted by Gasteiger charge is 2.12. The summed E-state index contributed by atoms with van der Waals surface area (Å²) < 4.78 is 18.1. The predicted molar refractivity (Wildman–Crippen MR) is 73.0 cm³/mol. The number of nitrogens with one attached hydrogen (secondary N) is 1. The lowest BCUT2D eigenvalue weighted by atomic mass is 10.1. The highest BCUT2D eigenvalue weighted by atomic mass is 35.5. The molecule has 0 saturated heterocycles. The van der Waals surface area contributed by atoms with Gasteiger partial charge in [0.15, 0.2) is 5.82 Å². The smallest absolute Gasteiger partial charge is 0.274 e. The van der Waals surface area contributed by atoms with Crippen LogP contribution in [0.15, 0.2) is 35.0 Å². The zero-order valence-corrected chi connectivity index (χ0v) is 11.4. The summed E-state index contributed by atoms with van der Waals surface area (Å²) in [5.41, 5.74) is 1.75. The minimum atomic E-state index is -0.395. The molecule has 0 fully saturated rings. The molecule has 1 N–H and O–H groups in total. The zero-order chi connectivity index (χ0) is 14.8. The van der Waals surface area contributed by atoms with E-state index in [1.54, 1.807) is 18.3 Å². The fourth-order valence-electron chi connectivity index (χ4n) is 1.85. The average molecular weight is 303 g/mol. The van der Waals surface area contributed by atoms with Crippen molar-refractivity contribution in [3.8, 4) is 17.7 Å². The van der Waals surface area contributed by atoms with Crippen LogP contribution in [0.3, 0.4) is 0 Å². The van der Waals surface area contributed by atoms with Gasteiger partial charge in [-0.1, -0.05) is 22.8 Å². The molecule has 0 saturated carbocycles. The van der Waals surface area contributed by atoms with E-state index >= 15 is 0 Å². The highest BCUT2D eigenvalue weighted by Crippen LogP contribution is 2.21. The van der Waals surface area contributed by atoms with Crippen LogP contribution in [0, 0.1) is 17.1 Å². The third kappa shape index (κ3) is 2.78. The molecule has 0 aliphatic heterocycles. The molecular formula is C14H8ClFN4O. The molecule has 0 aliphatic carbocycles. The first-order valence-electron chi connectivity index (χ1n) is 6.01. The molecule has 0 bridgehead atoms. The van der Waals surface area contributed by atoms with Gasteiger partial charge in [0.25, 0.3) is 5.89 Å². The summed E-state index contributed by atoms with van der Waals surface area (Å²) in [5, 5.41) is 12.9. The molecule has 0 unspecified atom stereocenters. The van der Waals surface area contributed by atoms with Crippen molar-refractivity contribution >= 4 is 11.6 Å². The van der Waals surface area contributed by atoms with Crippen molar-refractivity contribution in [1.29, 1.82) is 5.26 Å². The Balaban J connectivity index is 1.83. The monoisotopic (exact) mass is 302 g/mol. The van der Waals surface area contributed by atoms with Crippen LogP contribution < -0.4 is 0 Å². The van der Waals surface area contributed by atoms with Crippen molar-refractivity contribution in [2.45, 2.75) is 6.42 Å². The molecule has 5 nitrogen and oxygen atoms in total. The highest BCUT2D eigenvalue weighted by molar-refractivity contribution is 6.31. The number of rotatable bonds is 3. The van der Waals surface area contributed by atoms with Gasteiger partial charge in [-0.25, -0.2) is 4.39 Å². The summed E-state index contributed by atoms with van der Waals surface area (Å²) >= 11 is 5.96. The molecule has 0 radical (unpaired) electrons. The summed E-state index contributed by atoms with van der Waals surface area (Å²) in [4.78, 5) is 7.09. The molecule has 2 aromatic heterocycles. The van der Waals surface area contributed by atoms with Crippen LogP contribution >= 0.6 is 11.6 Å². The number of halogens is 2. The Morgan fingerprint density at radius 2 is 2.24 bits per heavy atom. The first kappa shape index (κ1) is 13.3. The number of nitrogens with zero attached hydrogens (tertiary/aromatic N) is 3. The Kier molecular flexibility index (Phi) is 3.42. The quantitative estimate of drug-likeness (QED) is 0.805. The largest absolute Gasteiger partial charge is 0.356 e. The van der Waals surface area contributed by atoms with Gasteiger partial charge in [0.2, 0.25) is 0 Å². The standard InChI is InChI=1S/C14H8ClFN4O/c15-11-5-10(16)2-1-9(11)4-13-19-14(21-20-13)12-3-8(6-17)7-18-12/h1-3,5,7,18H,4H2. The molecule has 21 heavy (non-hydrogen) atoms. The SMILES string of the molecule is N#Cc1c[nH]c(-c2nc(Cc3ccc(F)cc3Cl)no2)c1. The lowest BCUT2D eigenvalue weighted by Crippen LogP contribution is -1.92. The van der Waals surface area contributed by atoms with Crippen molar-refractivity contribution < 1.29 is 8.91 Å². The van der Waals surface area contributed by atoms with Gasteiger partial charge in [0, 0.05) is 17.6 Å². The molecule has 0 spiro atoms. The maximum absolute atomic E-state index is 13.0. The van der Waals surface area contributed by atoms with Gasteiger partial charge in [-0.3, -0.25) is 0 Å². The molecule has 0 aliphatic rings. The van der Waals surface area contributed by atoms with E-state index in [0.29, 0.717) is 34.1 Å². The lowest BCUT2D eigenvalue weighted by Gasteiger charge is -2.00. The Labute approximate surface area is 124 Å². The van der Waals surface area contributed by atoms with Crippen molar-refractivity contribution in [2.24, 2.45) is 0 Å². The molecule has 7 heteroatoms. The molecule has 0 amide bonds. The third-order valence-corrected chi connectivity index (χ3v) is 3.23. The van der Waals surface area contributed by atoms with Gasteiger partial charge in [0.1, 0.15) is 17.6 Å². The van der Waals surface area contributed by atoms with Crippen LogP contribution in [-0.2, 0) is 6.42 Å². The van der Waals surface area contributed by atoms with Crippen LogP contribution in [-0.4, -0.2) is 15.1 Å². The van der Waals surface area contributed by atoms with Crippen LogP contribution in [0.2, 0.25) is 5.02 Å². The van der Waals surface area contributed by atoms with Crippen molar-refractivity contribution in [2.75, 3.05) is 0 Å². The summed E-state index contributed by atoms with van der Waals surface area (Å²) in [7, 11) is 0. The molecule has 104 valence electrons. The maximum Gasteiger partial charge on any atom is 0.274 e. The van der Waals surface area contributed by atoms with E-state index in [4.69, 9.17) is 21.4 Å². The van der Waals surface area contributed by atoms with Crippen LogP contribution in [0.5, 0.6) is 0 Å². The minimum Gasteiger partial charge on any atom is -0.356 e. The van der Waals surface area contributed by atoms with Crippen LogP contribution in [0.25, 0.3) is 11.6 Å². The Bertz CT molecular complexity index is 834. The predicted octanol–water partition coefficient (Wildman–Crippen LogP) is 3.32. The fourth-order valence-corrected chi connectivity index (χ4v) is 2.09. The minimum absolute atomic E-state index is 0.282. The summed E-state index contributed by atoms with van der Waals surface area (Å²) in [6.07, 6.45) is 1.88. The second-order valence-electron chi connectivity index (χ2n) is 4.34. The van der Waals surface area contributed by atoms with Crippen LogP contribution in [0.1, 0.15) is 17.0 Å². The number of hydrogen-bond acceptors (Lipinski definition) is 4. The van der Waals surface area contributed by atoms with Crippen molar-refractivity contribution in [1.82, 2.24) is 15.1 Å². The molecule has 3 rings (SSSR count). The number of nitriles is 1. The first-order valence-corrected chi connectivity index (χ1v) is 6.39. The van der Waals surface area contributed by atoms with Crippen LogP contribution in [0.4, 0.5) is 4.39 Å². The van der Waals surface area contributed by atoms with Gasteiger partial charge in [-0.15, -0.1) is 0 Å². The van der Waals surface area contributed by atoms with E-state index in [0.717, 1.165) is 0 Å². The van der Waals surface area contributed by atoms with Gasteiger partial charge in [-0.2, -0.15) is 10.2 Å².